The maximum atomic E-state index is 4.73. The summed E-state index contributed by atoms with van der Waals surface area (Å²) in [6.45, 7) is 8.41. The molecule has 0 spiro atoms. The van der Waals surface area contributed by atoms with Crippen LogP contribution < -0.4 is 10.2 Å². The molecule has 1 aliphatic heterocycles. The fourth-order valence-corrected chi connectivity index (χ4v) is 2.77. The van der Waals surface area contributed by atoms with Crippen LogP contribution in [0.5, 0.6) is 0 Å². The Hall–Kier alpha value is -1.20. The minimum Gasteiger partial charge on any atom is -0.336 e. The summed E-state index contributed by atoms with van der Waals surface area (Å²) in [7, 11) is 2.17. The van der Waals surface area contributed by atoms with E-state index in [0.717, 1.165) is 43.9 Å². The van der Waals surface area contributed by atoms with E-state index in [4.69, 9.17) is 4.98 Å². The third kappa shape index (κ3) is 3.10. The van der Waals surface area contributed by atoms with Crippen molar-refractivity contribution in [1.29, 1.82) is 0 Å². The molecule has 2 fully saturated rings. The van der Waals surface area contributed by atoms with Crippen LogP contribution in [0, 0.1) is 6.92 Å². The van der Waals surface area contributed by atoms with Crippen molar-refractivity contribution in [1.82, 2.24) is 20.2 Å². The second-order valence-corrected chi connectivity index (χ2v) is 6.24. The molecule has 110 valence electrons. The third-order valence-corrected chi connectivity index (χ3v) is 4.31. The summed E-state index contributed by atoms with van der Waals surface area (Å²) in [6, 6.07) is 1.20. The fraction of sp³-hybridized carbons (Fsp3) is 0.733. The number of hydrogen-bond acceptors (Lipinski definition) is 5. The van der Waals surface area contributed by atoms with Gasteiger partial charge in [0.2, 0.25) is 5.95 Å². The second-order valence-electron chi connectivity index (χ2n) is 6.24. The van der Waals surface area contributed by atoms with E-state index in [2.05, 4.69) is 41.0 Å². The van der Waals surface area contributed by atoms with Crippen LogP contribution >= 0.6 is 0 Å². The van der Waals surface area contributed by atoms with E-state index in [1.807, 2.05) is 6.20 Å². The Morgan fingerprint density at radius 1 is 1.35 bits per heavy atom. The van der Waals surface area contributed by atoms with Crippen LogP contribution in [0.25, 0.3) is 0 Å². The van der Waals surface area contributed by atoms with Gasteiger partial charge in [0.15, 0.2) is 0 Å². The minimum atomic E-state index is 0.476. The number of rotatable bonds is 4. The van der Waals surface area contributed by atoms with Crippen LogP contribution in [0.2, 0.25) is 0 Å². The molecule has 1 aromatic heterocycles. The molecular weight excluding hydrogens is 250 g/mol. The zero-order chi connectivity index (χ0) is 14.1. The first-order valence-corrected chi connectivity index (χ1v) is 7.64. The molecule has 2 heterocycles. The van der Waals surface area contributed by atoms with E-state index in [0.29, 0.717) is 6.04 Å². The summed E-state index contributed by atoms with van der Waals surface area (Å²) >= 11 is 0. The number of hydrogen-bond donors (Lipinski definition) is 1. The minimum absolute atomic E-state index is 0.476. The number of nitrogens with one attached hydrogen (secondary N) is 1. The Labute approximate surface area is 121 Å². The average Bonchev–Trinajstić information content (AvgIpc) is 3.21. The van der Waals surface area contributed by atoms with E-state index in [-0.39, 0.29) is 0 Å². The lowest BCUT2D eigenvalue weighted by Gasteiger charge is -2.38. The van der Waals surface area contributed by atoms with Gasteiger partial charge >= 0.3 is 0 Å². The lowest BCUT2D eigenvalue weighted by molar-refractivity contribution is 0.273. The Kier molecular flexibility index (Phi) is 3.89. The first-order chi connectivity index (χ1) is 9.63. The zero-order valence-electron chi connectivity index (χ0n) is 12.8. The molecule has 1 saturated heterocycles. The molecule has 5 nitrogen and oxygen atoms in total. The van der Waals surface area contributed by atoms with Gasteiger partial charge in [-0.2, -0.15) is 0 Å². The Morgan fingerprint density at radius 2 is 2.15 bits per heavy atom. The van der Waals surface area contributed by atoms with E-state index in [1.54, 1.807) is 0 Å². The largest absolute Gasteiger partial charge is 0.336 e. The number of piperazine rings is 1. The van der Waals surface area contributed by atoms with Gasteiger partial charge in [0.1, 0.15) is 0 Å². The molecule has 2 aliphatic rings. The van der Waals surface area contributed by atoms with Crippen molar-refractivity contribution in [3.63, 3.8) is 0 Å². The molecule has 1 aliphatic carbocycles. The molecule has 0 amide bonds. The smallest absolute Gasteiger partial charge is 0.225 e. The molecular formula is C15H25N5. The number of nitrogens with zero attached hydrogens (tertiary/aromatic N) is 4. The van der Waals surface area contributed by atoms with Gasteiger partial charge < -0.3 is 15.1 Å². The topological polar surface area (TPSA) is 44.3 Å². The predicted molar refractivity (Wildman–Crippen MR) is 80.9 cm³/mol. The number of aryl methyl sites for hydroxylation is 1. The lowest BCUT2D eigenvalue weighted by Crippen LogP contribution is -2.51. The normalized spacial score (nSPS) is 24.1. The van der Waals surface area contributed by atoms with Crippen molar-refractivity contribution < 1.29 is 0 Å². The van der Waals surface area contributed by atoms with Gasteiger partial charge in [0.25, 0.3) is 0 Å². The molecule has 0 radical (unpaired) electrons. The summed E-state index contributed by atoms with van der Waals surface area (Å²) in [6.07, 6.45) is 4.63. The highest BCUT2D eigenvalue weighted by atomic mass is 15.3. The number of anilines is 1. The Morgan fingerprint density at radius 3 is 2.80 bits per heavy atom. The monoisotopic (exact) mass is 275 g/mol. The Bertz CT molecular complexity index is 471. The highest BCUT2D eigenvalue weighted by molar-refractivity contribution is 5.35. The molecule has 1 unspecified atom stereocenters. The summed E-state index contributed by atoms with van der Waals surface area (Å²) in [5.41, 5.74) is 2.33. The standard InChI is InChI=1S/C15H25N5/c1-11-10-19(3)6-7-20(11)15-17-9-13(12(2)18-15)8-16-14-4-5-14/h9,11,14,16H,4-8,10H2,1-3H3. The van der Waals surface area contributed by atoms with E-state index >= 15 is 0 Å². The molecule has 0 aromatic carbocycles. The van der Waals surface area contributed by atoms with Crippen molar-refractivity contribution in [3.05, 3.63) is 17.5 Å². The van der Waals surface area contributed by atoms with Crippen molar-refractivity contribution in [2.75, 3.05) is 31.6 Å². The quantitative estimate of drug-likeness (QED) is 0.894. The second kappa shape index (κ2) is 5.66. The van der Waals surface area contributed by atoms with E-state index in [1.165, 1.54) is 18.4 Å². The number of aromatic nitrogens is 2. The van der Waals surface area contributed by atoms with Gasteiger partial charge in [-0.3, -0.25) is 0 Å². The van der Waals surface area contributed by atoms with Crippen molar-refractivity contribution in [3.8, 4) is 0 Å². The Balaban J connectivity index is 1.68. The van der Waals surface area contributed by atoms with Gasteiger partial charge in [0, 0.05) is 55.7 Å². The zero-order valence-corrected chi connectivity index (χ0v) is 12.8. The molecule has 1 aromatic rings. The van der Waals surface area contributed by atoms with Gasteiger partial charge in [-0.15, -0.1) is 0 Å². The summed E-state index contributed by atoms with van der Waals surface area (Å²) in [4.78, 5) is 14.0. The van der Waals surface area contributed by atoms with Crippen molar-refractivity contribution >= 4 is 5.95 Å². The van der Waals surface area contributed by atoms with Gasteiger partial charge in [-0.05, 0) is 33.7 Å². The van der Waals surface area contributed by atoms with Crippen LogP contribution in [-0.4, -0.2) is 53.6 Å². The van der Waals surface area contributed by atoms with E-state index < -0.39 is 0 Å². The maximum Gasteiger partial charge on any atom is 0.225 e. The highest BCUT2D eigenvalue weighted by Gasteiger charge is 2.24. The predicted octanol–water partition coefficient (Wildman–Crippen LogP) is 1.18. The van der Waals surface area contributed by atoms with Crippen LogP contribution in [0.1, 0.15) is 31.0 Å². The van der Waals surface area contributed by atoms with Gasteiger partial charge in [-0.1, -0.05) is 0 Å². The van der Waals surface area contributed by atoms with Crippen molar-refractivity contribution in [2.45, 2.75) is 45.3 Å². The summed E-state index contributed by atoms with van der Waals surface area (Å²) < 4.78 is 0. The summed E-state index contributed by atoms with van der Waals surface area (Å²) in [5.74, 6) is 0.887. The fourth-order valence-electron chi connectivity index (χ4n) is 2.77. The van der Waals surface area contributed by atoms with Gasteiger partial charge in [-0.25, -0.2) is 9.97 Å². The van der Waals surface area contributed by atoms with Crippen LogP contribution in [-0.2, 0) is 6.54 Å². The van der Waals surface area contributed by atoms with Crippen LogP contribution in [0.4, 0.5) is 5.95 Å². The first kappa shape index (κ1) is 13.8. The van der Waals surface area contributed by atoms with Crippen LogP contribution in [0.15, 0.2) is 6.20 Å². The maximum absolute atomic E-state index is 4.73. The summed E-state index contributed by atoms with van der Waals surface area (Å²) in [5, 5.41) is 3.53. The number of likely N-dealkylation sites (N-methyl/N-ethyl adjacent to an activating group) is 1. The van der Waals surface area contributed by atoms with E-state index in [9.17, 15) is 0 Å². The highest BCUT2D eigenvalue weighted by Crippen LogP contribution is 2.20. The van der Waals surface area contributed by atoms with Crippen LogP contribution in [0.3, 0.4) is 0 Å². The van der Waals surface area contributed by atoms with Gasteiger partial charge in [0.05, 0.1) is 0 Å². The molecule has 5 heteroatoms. The third-order valence-electron chi connectivity index (χ3n) is 4.31. The molecule has 20 heavy (non-hydrogen) atoms. The average molecular weight is 275 g/mol. The molecule has 3 rings (SSSR count). The van der Waals surface area contributed by atoms with Crippen molar-refractivity contribution in [2.24, 2.45) is 0 Å². The lowest BCUT2D eigenvalue weighted by atomic mass is 10.2. The molecule has 1 N–H and O–H groups in total. The molecule has 1 atom stereocenters. The SMILES string of the molecule is Cc1nc(N2CCN(C)CC2C)ncc1CNC1CC1. The molecule has 1 saturated carbocycles. The first-order valence-electron chi connectivity index (χ1n) is 7.64. The molecule has 0 bridgehead atoms.